The summed E-state index contributed by atoms with van der Waals surface area (Å²) in [5.41, 5.74) is 1.62. The summed E-state index contributed by atoms with van der Waals surface area (Å²) in [5.74, 6) is 0.808. The molecule has 0 N–H and O–H groups in total. The number of nitriles is 1. The Balaban J connectivity index is 1.91. The largest absolute Gasteiger partial charge is 0.370 e. The smallest absolute Gasteiger partial charge is 0.140 e. The van der Waals surface area contributed by atoms with Crippen molar-refractivity contribution >= 4 is 5.69 Å². The lowest BCUT2D eigenvalue weighted by molar-refractivity contribution is 0.285. The molecule has 2 heterocycles. The molecule has 1 aromatic heterocycles. The molecule has 0 aromatic carbocycles. The van der Waals surface area contributed by atoms with Crippen molar-refractivity contribution in [1.82, 2.24) is 9.88 Å². The molecule has 1 aromatic rings. The minimum atomic E-state index is 0.487. The second kappa shape index (κ2) is 5.83. The molecule has 0 spiro atoms. The SMILES string of the molecule is CN(C)CC1CCN(c2ccc(C#N)nc2)CC1. The molecule has 1 saturated heterocycles. The summed E-state index contributed by atoms with van der Waals surface area (Å²) in [6, 6.07) is 5.84. The topological polar surface area (TPSA) is 43.2 Å². The predicted molar refractivity (Wildman–Crippen MR) is 72.4 cm³/mol. The van der Waals surface area contributed by atoms with E-state index in [0.717, 1.165) is 24.7 Å². The Hall–Kier alpha value is -1.60. The second-order valence-electron chi connectivity index (χ2n) is 5.21. The van der Waals surface area contributed by atoms with E-state index < -0.39 is 0 Å². The van der Waals surface area contributed by atoms with Crippen molar-refractivity contribution in [3.8, 4) is 6.07 Å². The van der Waals surface area contributed by atoms with E-state index in [2.05, 4.69) is 34.9 Å². The summed E-state index contributed by atoms with van der Waals surface area (Å²) < 4.78 is 0. The van der Waals surface area contributed by atoms with Crippen molar-refractivity contribution < 1.29 is 0 Å². The maximum atomic E-state index is 8.73. The molecule has 0 bridgehead atoms. The standard InChI is InChI=1S/C14H20N4/c1-17(2)11-12-5-7-18(8-6-12)14-4-3-13(9-15)16-10-14/h3-4,10,12H,5-8,11H2,1-2H3. The molecule has 0 amide bonds. The average Bonchev–Trinajstić information content (AvgIpc) is 2.39. The minimum absolute atomic E-state index is 0.487. The highest BCUT2D eigenvalue weighted by Gasteiger charge is 2.19. The van der Waals surface area contributed by atoms with Crippen molar-refractivity contribution in [3.63, 3.8) is 0 Å². The van der Waals surface area contributed by atoms with E-state index in [0.29, 0.717) is 5.69 Å². The van der Waals surface area contributed by atoms with Crippen LogP contribution in [0.2, 0.25) is 0 Å². The monoisotopic (exact) mass is 244 g/mol. The van der Waals surface area contributed by atoms with Gasteiger partial charge in [0.1, 0.15) is 11.8 Å². The van der Waals surface area contributed by atoms with Crippen molar-refractivity contribution in [3.05, 3.63) is 24.0 Å². The van der Waals surface area contributed by atoms with E-state index >= 15 is 0 Å². The Kier molecular flexibility index (Phi) is 4.16. The van der Waals surface area contributed by atoms with Gasteiger partial charge in [0.05, 0.1) is 11.9 Å². The number of rotatable bonds is 3. The lowest BCUT2D eigenvalue weighted by Gasteiger charge is -2.34. The zero-order valence-corrected chi connectivity index (χ0v) is 11.1. The van der Waals surface area contributed by atoms with Crippen LogP contribution in [0.25, 0.3) is 0 Å². The van der Waals surface area contributed by atoms with Crippen LogP contribution in [-0.4, -0.2) is 43.6 Å². The van der Waals surface area contributed by atoms with Gasteiger partial charge >= 0.3 is 0 Å². The summed E-state index contributed by atoms with van der Waals surface area (Å²) in [6.45, 7) is 3.36. The minimum Gasteiger partial charge on any atom is -0.370 e. The highest BCUT2D eigenvalue weighted by Crippen LogP contribution is 2.23. The van der Waals surface area contributed by atoms with Crippen molar-refractivity contribution in [2.24, 2.45) is 5.92 Å². The highest BCUT2D eigenvalue weighted by atomic mass is 15.1. The molecule has 2 rings (SSSR count). The Morgan fingerprint density at radius 2 is 2.11 bits per heavy atom. The fourth-order valence-corrected chi connectivity index (χ4v) is 2.53. The fraction of sp³-hybridized carbons (Fsp3) is 0.571. The number of hydrogen-bond acceptors (Lipinski definition) is 4. The predicted octanol–water partition coefficient (Wildman–Crippen LogP) is 1.73. The van der Waals surface area contributed by atoms with Gasteiger partial charge in [-0.3, -0.25) is 0 Å². The van der Waals surface area contributed by atoms with E-state index in [1.54, 1.807) is 6.07 Å². The van der Waals surface area contributed by atoms with Crippen molar-refractivity contribution in [2.75, 3.05) is 38.6 Å². The molecule has 0 saturated carbocycles. The second-order valence-corrected chi connectivity index (χ2v) is 5.21. The molecule has 4 nitrogen and oxygen atoms in total. The number of anilines is 1. The normalized spacial score (nSPS) is 16.9. The summed E-state index contributed by atoms with van der Waals surface area (Å²) in [5, 5.41) is 8.73. The van der Waals surface area contributed by atoms with Crippen LogP contribution in [0.3, 0.4) is 0 Å². The number of piperidine rings is 1. The first-order valence-electron chi connectivity index (χ1n) is 6.45. The number of pyridine rings is 1. The van der Waals surface area contributed by atoms with Crippen LogP contribution in [0.1, 0.15) is 18.5 Å². The third-order valence-corrected chi connectivity index (χ3v) is 3.47. The molecule has 0 unspecified atom stereocenters. The van der Waals surface area contributed by atoms with Gasteiger partial charge in [-0.1, -0.05) is 0 Å². The van der Waals surface area contributed by atoms with Gasteiger partial charge in [0.25, 0.3) is 0 Å². The van der Waals surface area contributed by atoms with Crippen LogP contribution < -0.4 is 4.90 Å². The zero-order valence-electron chi connectivity index (χ0n) is 11.1. The molecule has 1 aliphatic heterocycles. The zero-order chi connectivity index (χ0) is 13.0. The van der Waals surface area contributed by atoms with Crippen LogP contribution in [0.15, 0.2) is 18.3 Å². The molecule has 0 atom stereocenters. The molecule has 1 fully saturated rings. The van der Waals surface area contributed by atoms with Crippen LogP contribution in [0, 0.1) is 17.2 Å². The van der Waals surface area contributed by atoms with Crippen molar-refractivity contribution in [1.29, 1.82) is 5.26 Å². The summed E-state index contributed by atoms with van der Waals surface area (Å²) in [4.78, 5) is 8.76. The Bertz CT molecular complexity index is 410. The van der Waals surface area contributed by atoms with Gasteiger partial charge < -0.3 is 9.80 Å². The van der Waals surface area contributed by atoms with Gasteiger partial charge in [0.2, 0.25) is 0 Å². The van der Waals surface area contributed by atoms with E-state index in [-0.39, 0.29) is 0 Å². The average molecular weight is 244 g/mol. The van der Waals surface area contributed by atoms with Gasteiger partial charge in [-0.25, -0.2) is 4.98 Å². The summed E-state index contributed by atoms with van der Waals surface area (Å²) >= 11 is 0. The molecule has 18 heavy (non-hydrogen) atoms. The molecule has 96 valence electrons. The molecule has 0 aliphatic carbocycles. The van der Waals surface area contributed by atoms with E-state index in [4.69, 9.17) is 5.26 Å². The lowest BCUT2D eigenvalue weighted by Crippen LogP contribution is -2.37. The highest BCUT2D eigenvalue weighted by molar-refractivity contribution is 5.46. The van der Waals surface area contributed by atoms with Gasteiger partial charge in [-0.15, -0.1) is 0 Å². The maximum Gasteiger partial charge on any atom is 0.140 e. The van der Waals surface area contributed by atoms with Crippen LogP contribution in [0.5, 0.6) is 0 Å². The first-order chi connectivity index (χ1) is 8.69. The fourth-order valence-electron chi connectivity index (χ4n) is 2.53. The van der Waals surface area contributed by atoms with Crippen LogP contribution >= 0.6 is 0 Å². The first kappa shape index (κ1) is 12.8. The maximum absolute atomic E-state index is 8.73. The first-order valence-corrected chi connectivity index (χ1v) is 6.45. The Morgan fingerprint density at radius 3 is 2.61 bits per heavy atom. The van der Waals surface area contributed by atoms with Crippen molar-refractivity contribution in [2.45, 2.75) is 12.8 Å². The third kappa shape index (κ3) is 3.21. The van der Waals surface area contributed by atoms with Gasteiger partial charge in [-0.05, 0) is 45.0 Å². The van der Waals surface area contributed by atoms with Gasteiger partial charge in [-0.2, -0.15) is 5.26 Å². The quantitative estimate of drug-likeness (QED) is 0.812. The number of aromatic nitrogens is 1. The summed E-state index contributed by atoms with van der Waals surface area (Å²) in [7, 11) is 4.27. The lowest BCUT2D eigenvalue weighted by atomic mass is 9.96. The number of hydrogen-bond donors (Lipinski definition) is 0. The van der Waals surface area contributed by atoms with E-state index in [1.165, 1.54) is 19.4 Å². The third-order valence-electron chi connectivity index (χ3n) is 3.47. The Labute approximate surface area is 109 Å². The molecule has 0 radical (unpaired) electrons. The molecule has 1 aliphatic rings. The van der Waals surface area contributed by atoms with E-state index in [9.17, 15) is 0 Å². The molecular weight excluding hydrogens is 224 g/mol. The van der Waals surface area contributed by atoms with Gasteiger partial charge in [0.15, 0.2) is 0 Å². The number of nitrogens with zero attached hydrogens (tertiary/aromatic N) is 4. The molecular formula is C14H20N4. The van der Waals surface area contributed by atoms with Gasteiger partial charge in [0, 0.05) is 19.6 Å². The van der Waals surface area contributed by atoms with Crippen LogP contribution in [0.4, 0.5) is 5.69 Å². The molecule has 4 heteroatoms. The van der Waals surface area contributed by atoms with Crippen LogP contribution in [-0.2, 0) is 0 Å². The Morgan fingerprint density at radius 1 is 1.39 bits per heavy atom. The summed E-state index contributed by atoms with van der Waals surface area (Å²) in [6.07, 6.45) is 4.28. The van der Waals surface area contributed by atoms with E-state index in [1.807, 2.05) is 12.3 Å².